The number of rotatable bonds is 8. The standard InChI is InChI=1S/C26H28N2O3S2/c1-19-27-22(17-32-19)18-33-24-10-6-5-9-23(24)26(30)31-16-25(29)28-13-11-21(12-14-28)15-20-7-3-2-4-8-20/h2-10,17,21H,11-16,18H2,1H3. The Kier molecular flexibility index (Phi) is 8.18. The first-order valence-corrected chi connectivity index (χ1v) is 13.1. The first-order valence-electron chi connectivity index (χ1n) is 11.2. The molecule has 7 heteroatoms. The summed E-state index contributed by atoms with van der Waals surface area (Å²) in [6.07, 6.45) is 3.00. The molecule has 1 aliphatic rings. The van der Waals surface area contributed by atoms with Crippen LogP contribution in [0.4, 0.5) is 0 Å². The topological polar surface area (TPSA) is 59.5 Å². The molecule has 0 atom stereocenters. The number of amides is 1. The molecule has 0 aliphatic carbocycles. The van der Waals surface area contributed by atoms with Gasteiger partial charge in [-0.25, -0.2) is 9.78 Å². The lowest BCUT2D eigenvalue weighted by Crippen LogP contribution is -2.41. The molecular formula is C26H28N2O3S2. The molecule has 1 amide bonds. The van der Waals surface area contributed by atoms with Crippen molar-refractivity contribution in [2.75, 3.05) is 19.7 Å². The summed E-state index contributed by atoms with van der Waals surface area (Å²) in [6, 6.07) is 17.8. The summed E-state index contributed by atoms with van der Waals surface area (Å²) in [5.41, 5.74) is 2.83. The second-order valence-corrected chi connectivity index (χ2v) is 10.3. The molecule has 1 aromatic heterocycles. The molecular weight excluding hydrogens is 452 g/mol. The van der Waals surface area contributed by atoms with Crippen molar-refractivity contribution >= 4 is 35.0 Å². The van der Waals surface area contributed by atoms with Gasteiger partial charge in [-0.15, -0.1) is 23.1 Å². The van der Waals surface area contributed by atoms with Crippen LogP contribution in [0.1, 0.15) is 39.5 Å². The van der Waals surface area contributed by atoms with E-state index in [1.807, 2.05) is 41.5 Å². The maximum absolute atomic E-state index is 12.7. The fourth-order valence-electron chi connectivity index (χ4n) is 4.02. The van der Waals surface area contributed by atoms with Crippen LogP contribution in [-0.4, -0.2) is 41.5 Å². The number of hydrogen-bond donors (Lipinski definition) is 0. The maximum atomic E-state index is 12.7. The van der Waals surface area contributed by atoms with Gasteiger partial charge in [0.25, 0.3) is 5.91 Å². The van der Waals surface area contributed by atoms with Crippen LogP contribution < -0.4 is 0 Å². The molecule has 0 bridgehead atoms. The Labute approximate surface area is 203 Å². The van der Waals surface area contributed by atoms with Crippen LogP contribution in [-0.2, 0) is 21.7 Å². The van der Waals surface area contributed by atoms with Crippen LogP contribution in [0.3, 0.4) is 0 Å². The Morgan fingerprint density at radius 1 is 1.09 bits per heavy atom. The third-order valence-electron chi connectivity index (χ3n) is 5.81. The van der Waals surface area contributed by atoms with Gasteiger partial charge in [0.2, 0.25) is 0 Å². The molecule has 0 spiro atoms. The Bertz CT molecular complexity index is 1080. The zero-order valence-corrected chi connectivity index (χ0v) is 20.4. The molecule has 172 valence electrons. The van der Waals surface area contributed by atoms with Gasteiger partial charge in [-0.05, 0) is 49.8 Å². The van der Waals surface area contributed by atoms with Gasteiger partial charge in [0, 0.05) is 29.1 Å². The minimum atomic E-state index is -0.458. The highest BCUT2D eigenvalue weighted by Gasteiger charge is 2.24. The predicted octanol–water partition coefficient (Wildman–Crippen LogP) is 5.38. The van der Waals surface area contributed by atoms with Crippen LogP contribution in [0.25, 0.3) is 0 Å². The molecule has 33 heavy (non-hydrogen) atoms. The van der Waals surface area contributed by atoms with Crippen molar-refractivity contribution in [1.82, 2.24) is 9.88 Å². The number of benzene rings is 2. The number of thioether (sulfide) groups is 1. The van der Waals surface area contributed by atoms with Gasteiger partial charge in [-0.3, -0.25) is 4.79 Å². The van der Waals surface area contributed by atoms with E-state index in [0.717, 1.165) is 34.9 Å². The quantitative estimate of drug-likeness (QED) is 0.320. The SMILES string of the molecule is Cc1nc(CSc2ccccc2C(=O)OCC(=O)N2CCC(Cc3ccccc3)CC2)cs1. The number of carbonyl (C=O) groups is 2. The summed E-state index contributed by atoms with van der Waals surface area (Å²) in [6.45, 7) is 3.19. The average Bonchev–Trinajstić information content (AvgIpc) is 3.27. The van der Waals surface area contributed by atoms with Gasteiger partial charge in [0.05, 0.1) is 16.3 Å². The first kappa shape index (κ1) is 23.5. The van der Waals surface area contributed by atoms with Gasteiger partial charge in [-0.2, -0.15) is 0 Å². The largest absolute Gasteiger partial charge is 0.452 e. The number of aromatic nitrogens is 1. The summed E-state index contributed by atoms with van der Waals surface area (Å²) >= 11 is 3.17. The third kappa shape index (κ3) is 6.68. The van der Waals surface area contributed by atoms with Crippen molar-refractivity contribution in [3.05, 3.63) is 81.8 Å². The third-order valence-corrected chi connectivity index (χ3v) is 7.74. The highest BCUT2D eigenvalue weighted by molar-refractivity contribution is 7.98. The number of likely N-dealkylation sites (tertiary alicyclic amines) is 1. The summed E-state index contributed by atoms with van der Waals surface area (Å²) in [4.78, 5) is 32.5. The van der Waals surface area contributed by atoms with Crippen molar-refractivity contribution in [1.29, 1.82) is 0 Å². The van der Waals surface area contributed by atoms with E-state index in [4.69, 9.17) is 4.74 Å². The maximum Gasteiger partial charge on any atom is 0.339 e. The average molecular weight is 481 g/mol. The second-order valence-electron chi connectivity index (χ2n) is 8.23. The summed E-state index contributed by atoms with van der Waals surface area (Å²) in [5, 5.41) is 3.06. The van der Waals surface area contributed by atoms with E-state index in [1.54, 1.807) is 29.2 Å². The first-order chi connectivity index (χ1) is 16.1. The lowest BCUT2D eigenvalue weighted by Gasteiger charge is -2.32. The van der Waals surface area contributed by atoms with Crippen LogP contribution >= 0.6 is 23.1 Å². The molecule has 5 nitrogen and oxygen atoms in total. The normalized spacial score (nSPS) is 14.3. The number of ether oxygens (including phenoxy) is 1. The Morgan fingerprint density at radius 3 is 2.55 bits per heavy atom. The zero-order valence-electron chi connectivity index (χ0n) is 18.7. The van der Waals surface area contributed by atoms with Crippen molar-refractivity contribution in [3.63, 3.8) is 0 Å². The summed E-state index contributed by atoms with van der Waals surface area (Å²) in [7, 11) is 0. The second kappa shape index (κ2) is 11.5. The fraction of sp³-hybridized carbons (Fsp3) is 0.346. The highest BCUT2D eigenvalue weighted by Crippen LogP contribution is 2.27. The van der Waals surface area contributed by atoms with E-state index in [-0.39, 0.29) is 12.5 Å². The van der Waals surface area contributed by atoms with E-state index in [2.05, 4.69) is 29.2 Å². The number of nitrogens with zero attached hydrogens (tertiary/aromatic N) is 2. The van der Waals surface area contributed by atoms with Crippen LogP contribution in [0.2, 0.25) is 0 Å². The minimum Gasteiger partial charge on any atom is -0.452 e. The van der Waals surface area contributed by atoms with Crippen molar-refractivity contribution in [2.45, 2.75) is 36.8 Å². The van der Waals surface area contributed by atoms with E-state index < -0.39 is 5.97 Å². The van der Waals surface area contributed by atoms with Crippen LogP contribution in [0.15, 0.2) is 64.9 Å². The highest BCUT2D eigenvalue weighted by atomic mass is 32.2. The van der Waals surface area contributed by atoms with Crippen LogP contribution in [0.5, 0.6) is 0 Å². The number of aryl methyl sites for hydroxylation is 1. The number of carbonyl (C=O) groups excluding carboxylic acids is 2. The summed E-state index contributed by atoms with van der Waals surface area (Å²) < 4.78 is 5.41. The zero-order chi connectivity index (χ0) is 23.0. The van der Waals surface area contributed by atoms with Gasteiger partial charge >= 0.3 is 5.97 Å². The van der Waals surface area contributed by atoms with Gasteiger partial charge in [0.15, 0.2) is 6.61 Å². The molecule has 1 aliphatic heterocycles. The van der Waals surface area contributed by atoms with Crippen molar-refractivity contribution < 1.29 is 14.3 Å². The molecule has 2 aromatic carbocycles. The number of piperidine rings is 1. The number of hydrogen-bond acceptors (Lipinski definition) is 6. The lowest BCUT2D eigenvalue weighted by molar-refractivity contribution is -0.135. The molecule has 3 aromatic rings. The number of thiazole rings is 1. The van der Waals surface area contributed by atoms with E-state index in [1.165, 1.54) is 5.56 Å². The van der Waals surface area contributed by atoms with Crippen molar-refractivity contribution in [3.8, 4) is 0 Å². The van der Waals surface area contributed by atoms with E-state index in [0.29, 0.717) is 30.3 Å². The molecule has 1 saturated heterocycles. The van der Waals surface area contributed by atoms with Gasteiger partial charge < -0.3 is 9.64 Å². The Morgan fingerprint density at radius 2 is 1.82 bits per heavy atom. The summed E-state index contributed by atoms with van der Waals surface area (Å²) in [5.74, 6) is 0.694. The molecule has 0 N–H and O–H groups in total. The van der Waals surface area contributed by atoms with Crippen molar-refractivity contribution in [2.24, 2.45) is 5.92 Å². The van der Waals surface area contributed by atoms with Gasteiger partial charge in [-0.1, -0.05) is 42.5 Å². The minimum absolute atomic E-state index is 0.121. The molecule has 0 radical (unpaired) electrons. The van der Waals surface area contributed by atoms with E-state index in [9.17, 15) is 9.59 Å². The fourth-order valence-corrected chi connectivity index (χ4v) is 5.67. The molecule has 2 heterocycles. The number of esters is 1. The molecule has 0 saturated carbocycles. The monoisotopic (exact) mass is 480 g/mol. The Hall–Kier alpha value is -2.64. The van der Waals surface area contributed by atoms with E-state index >= 15 is 0 Å². The van der Waals surface area contributed by atoms with Gasteiger partial charge in [0.1, 0.15) is 0 Å². The molecule has 1 fully saturated rings. The lowest BCUT2D eigenvalue weighted by atomic mass is 9.90. The van der Waals surface area contributed by atoms with Crippen LogP contribution in [0, 0.1) is 12.8 Å². The predicted molar refractivity (Wildman–Crippen MR) is 133 cm³/mol. The Balaban J connectivity index is 1.25. The smallest absolute Gasteiger partial charge is 0.339 e. The molecule has 0 unspecified atom stereocenters. The molecule has 4 rings (SSSR count).